The zero-order valence-electron chi connectivity index (χ0n) is 14.9. The fraction of sp³-hybridized carbons (Fsp3) is 0.556. The number of nitrogens with one attached hydrogen (secondary N) is 1. The Labute approximate surface area is 150 Å². The Morgan fingerprint density at radius 3 is 2.62 bits per heavy atom. The Balaban J connectivity index is 1.63. The highest BCUT2D eigenvalue weighted by atomic mass is 19.4. The largest absolute Gasteiger partial charge is 0.497 e. The van der Waals surface area contributed by atoms with Gasteiger partial charge in [0, 0.05) is 11.9 Å². The van der Waals surface area contributed by atoms with Gasteiger partial charge in [0.15, 0.2) is 0 Å². The predicted octanol–water partition coefficient (Wildman–Crippen LogP) is 3.63. The molecule has 0 atom stereocenters. The molecule has 0 saturated carbocycles. The number of halogens is 3. The maximum atomic E-state index is 12.5. The van der Waals surface area contributed by atoms with Crippen LogP contribution in [-0.2, 0) is 0 Å². The van der Waals surface area contributed by atoms with Crippen LogP contribution < -0.4 is 10.1 Å². The van der Waals surface area contributed by atoms with Crippen LogP contribution in [0.2, 0.25) is 0 Å². The summed E-state index contributed by atoms with van der Waals surface area (Å²) in [5.74, 6) is 2.47. The fourth-order valence-corrected chi connectivity index (χ4v) is 3.33. The first-order valence-corrected chi connectivity index (χ1v) is 8.69. The molecule has 0 aliphatic carbocycles. The summed E-state index contributed by atoms with van der Waals surface area (Å²) < 4.78 is 42.7. The summed E-state index contributed by atoms with van der Waals surface area (Å²) in [5, 5.41) is 4.24. The number of hydrogen-bond donors (Lipinski definition) is 1. The summed E-state index contributed by atoms with van der Waals surface area (Å²) >= 11 is 0. The molecule has 0 unspecified atom stereocenters. The second kappa shape index (κ2) is 7.65. The van der Waals surface area contributed by atoms with Gasteiger partial charge >= 0.3 is 6.18 Å². The zero-order valence-corrected chi connectivity index (χ0v) is 14.9. The highest BCUT2D eigenvalue weighted by molar-refractivity contribution is 5.90. The number of hydrogen-bond acceptors (Lipinski definition) is 5. The Bertz CT molecular complexity index is 758. The number of fused-ring (bicyclic) bond motifs is 1. The van der Waals surface area contributed by atoms with Crippen molar-refractivity contribution in [3.05, 3.63) is 24.0 Å². The Hall–Kier alpha value is -2.09. The van der Waals surface area contributed by atoms with Crippen molar-refractivity contribution in [2.45, 2.75) is 25.9 Å². The summed E-state index contributed by atoms with van der Waals surface area (Å²) in [6, 6.07) is 5.64. The van der Waals surface area contributed by atoms with Crippen molar-refractivity contribution < 1.29 is 17.9 Å². The second-order valence-corrected chi connectivity index (χ2v) is 6.72. The quantitative estimate of drug-likeness (QED) is 0.873. The zero-order chi connectivity index (χ0) is 18.7. The van der Waals surface area contributed by atoms with Crippen molar-refractivity contribution in [3.8, 4) is 5.75 Å². The standard InChI is InChI=1S/C18H23F3N4O/c1-12-23-16-4-3-14(26-2)9-15(16)17(24-12)22-10-13-5-7-25(8-6-13)11-18(19,20)21/h3-4,9,13H,5-8,10-11H2,1-2H3,(H,22,23,24). The van der Waals surface area contributed by atoms with Crippen LogP contribution in [0.3, 0.4) is 0 Å². The van der Waals surface area contributed by atoms with Crippen LogP contribution >= 0.6 is 0 Å². The molecule has 26 heavy (non-hydrogen) atoms. The van der Waals surface area contributed by atoms with Gasteiger partial charge in [-0.2, -0.15) is 13.2 Å². The number of piperidine rings is 1. The summed E-state index contributed by atoms with van der Waals surface area (Å²) in [6.07, 6.45) is -2.63. The predicted molar refractivity (Wildman–Crippen MR) is 94.5 cm³/mol. The number of methoxy groups -OCH3 is 1. The lowest BCUT2D eigenvalue weighted by atomic mass is 9.96. The van der Waals surface area contributed by atoms with E-state index in [1.54, 1.807) is 7.11 Å². The average Bonchev–Trinajstić information content (AvgIpc) is 2.59. The number of benzene rings is 1. The number of rotatable bonds is 5. The molecule has 1 saturated heterocycles. The van der Waals surface area contributed by atoms with Gasteiger partial charge in [-0.15, -0.1) is 0 Å². The molecular formula is C18H23F3N4O. The van der Waals surface area contributed by atoms with Gasteiger partial charge in [0.2, 0.25) is 0 Å². The van der Waals surface area contributed by atoms with E-state index >= 15 is 0 Å². The Morgan fingerprint density at radius 1 is 1.23 bits per heavy atom. The van der Waals surface area contributed by atoms with E-state index < -0.39 is 12.7 Å². The molecule has 0 amide bonds. The summed E-state index contributed by atoms with van der Waals surface area (Å²) in [6.45, 7) is 2.65. The number of aromatic nitrogens is 2. The minimum atomic E-state index is -4.12. The van der Waals surface area contributed by atoms with Gasteiger partial charge in [0.1, 0.15) is 17.4 Å². The Morgan fingerprint density at radius 2 is 1.96 bits per heavy atom. The molecule has 1 aliphatic rings. The number of likely N-dealkylation sites (tertiary alicyclic amines) is 1. The molecule has 0 spiro atoms. The molecule has 3 rings (SSSR count). The van der Waals surface area contributed by atoms with Crippen molar-refractivity contribution in [2.24, 2.45) is 5.92 Å². The molecule has 2 heterocycles. The van der Waals surface area contributed by atoms with Crippen LogP contribution in [-0.4, -0.2) is 54.3 Å². The molecule has 142 valence electrons. The lowest BCUT2D eigenvalue weighted by Crippen LogP contribution is -2.41. The van der Waals surface area contributed by atoms with E-state index in [1.807, 2.05) is 25.1 Å². The molecule has 1 aromatic heterocycles. The van der Waals surface area contributed by atoms with Crippen molar-refractivity contribution in [3.63, 3.8) is 0 Å². The lowest BCUT2D eigenvalue weighted by molar-refractivity contribution is -0.148. The second-order valence-electron chi connectivity index (χ2n) is 6.72. The molecule has 1 aliphatic heterocycles. The van der Waals surface area contributed by atoms with E-state index in [-0.39, 0.29) is 0 Å². The molecular weight excluding hydrogens is 345 g/mol. The highest BCUT2D eigenvalue weighted by Gasteiger charge is 2.32. The molecule has 1 N–H and O–H groups in total. The molecule has 0 bridgehead atoms. The average molecular weight is 368 g/mol. The summed E-state index contributed by atoms with van der Waals surface area (Å²) in [7, 11) is 1.61. The molecule has 1 aromatic carbocycles. The first-order chi connectivity index (χ1) is 12.3. The van der Waals surface area contributed by atoms with E-state index in [0.29, 0.717) is 31.4 Å². The minimum Gasteiger partial charge on any atom is -0.497 e. The van der Waals surface area contributed by atoms with Crippen LogP contribution in [0.5, 0.6) is 5.75 Å². The first-order valence-electron chi connectivity index (χ1n) is 8.69. The summed E-state index contributed by atoms with van der Waals surface area (Å²) in [4.78, 5) is 10.4. The van der Waals surface area contributed by atoms with E-state index in [4.69, 9.17) is 4.74 Å². The van der Waals surface area contributed by atoms with Crippen LogP contribution in [0.15, 0.2) is 18.2 Å². The third-order valence-electron chi connectivity index (χ3n) is 4.68. The van der Waals surface area contributed by atoms with Crippen molar-refractivity contribution in [1.29, 1.82) is 0 Å². The van der Waals surface area contributed by atoms with E-state index in [1.165, 1.54) is 4.90 Å². The van der Waals surface area contributed by atoms with Gasteiger partial charge in [0.25, 0.3) is 0 Å². The van der Waals surface area contributed by atoms with Crippen LogP contribution in [0.4, 0.5) is 19.0 Å². The highest BCUT2D eigenvalue weighted by Crippen LogP contribution is 2.27. The SMILES string of the molecule is COc1ccc2nc(C)nc(NCC3CCN(CC(F)(F)F)CC3)c2c1. The molecule has 2 aromatic rings. The third kappa shape index (κ3) is 4.75. The third-order valence-corrected chi connectivity index (χ3v) is 4.68. The van der Waals surface area contributed by atoms with Gasteiger partial charge in [-0.05, 0) is 57.0 Å². The van der Waals surface area contributed by atoms with Crippen LogP contribution in [0.1, 0.15) is 18.7 Å². The molecule has 0 radical (unpaired) electrons. The van der Waals surface area contributed by atoms with Gasteiger partial charge < -0.3 is 10.1 Å². The molecule has 5 nitrogen and oxygen atoms in total. The minimum absolute atomic E-state index is 0.329. The van der Waals surface area contributed by atoms with Crippen molar-refractivity contribution >= 4 is 16.7 Å². The van der Waals surface area contributed by atoms with E-state index in [2.05, 4.69) is 15.3 Å². The van der Waals surface area contributed by atoms with Crippen LogP contribution in [0, 0.1) is 12.8 Å². The normalized spacial score (nSPS) is 16.8. The lowest BCUT2D eigenvalue weighted by Gasteiger charge is -2.32. The van der Waals surface area contributed by atoms with Gasteiger partial charge in [0.05, 0.1) is 19.2 Å². The van der Waals surface area contributed by atoms with E-state index in [0.717, 1.165) is 35.3 Å². The van der Waals surface area contributed by atoms with Gasteiger partial charge in [-0.25, -0.2) is 9.97 Å². The van der Waals surface area contributed by atoms with Crippen LogP contribution in [0.25, 0.3) is 10.9 Å². The fourth-order valence-electron chi connectivity index (χ4n) is 3.33. The smallest absolute Gasteiger partial charge is 0.401 e. The molecule has 1 fully saturated rings. The van der Waals surface area contributed by atoms with Crippen molar-refractivity contribution in [2.75, 3.05) is 38.6 Å². The number of alkyl halides is 3. The monoisotopic (exact) mass is 368 g/mol. The molecule has 8 heteroatoms. The Kier molecular flexibility index (Phi) is 5.50. The summed E-state index contributed by atoms with van der Waals surface area (Å²) in [5.41, 5.74) is 0.834. The van der Waals surface area contributed by atoms with E-state index in [9.17, 15) is 13.2 Å². The number of ether oxygens (including phenoxy) is 1. The maximum absolute atomic E-state index is 12.5. The topological polar surface area (TPSA) is 50.3 Å². The first kappa shape index (κ1) is 18.7. The number of aryl methyl sites for hydroxylation is 1. The number of nitrogens with zero attached hydrogens (tertiary/aromatic N) is 3. The van der Waals surface area contributed by atoms with Gasteiger partial charge in [-0.1, -0.05) is 0 Å². The maximum Gasteiger partial charge on any atom is 0.401 e. The number of anilines is 1. The van der Waals surface area contributed by atoms with Crippen molar-refractivity contribution in [1.82, 2.24) is 14.9 Å². The van der Waals surface area contributed by atoms with Gasteiger partial charge in [-0.3, -0.25) is 4.90 Å².